The van der Waals surface area contributed by atoms with Crippen molar-refractivity contribution >= 4 is 33.9 Å². The van der Waals surface area contributed by atoms with Gasteiger partial charge in [0.1, 0.15) is 5.75 Å². The number of aliphatic carboxylic acids is 1. The maximum Gasteiger partial charge on any atom is 0.328 e. The summed E-state index contributed by atoms with van der Waals surface area (Å²) < 4.78 is 11.1. The van der Waals surface area contributed by atoms with Crippen molar-refractivity contribution in [1.29, 1.82) is 0 Å². The second kappa shape index (κ2) is 8.46. The topological polar surface area (TPSA) is 72.8 Å². The van der Waals surface area contributed by atoms with Gasteiger partial charge in [0.2, 0.25) is 0 Å². The van der Waals surface area contributed by atoms with Crippen LogP contribution in [0.4, 0.5) is 0 Å². The number of ether oxygens (including phenoxy) is 2. The Bertz CT molecular complexity index is 551. The minimum absolute atomic E-state index is 0.280. The molecule has 1 aromatic rings. The fourth-order valence-electron chi connectivity index (χ4n) is 1.73. The molecule has 0 saturated heterocycles. The first-order valence-electron chi connectivity index (χ1n) is 6.34. The van der Waals surface area contributed by atoms with Crippen molar-refractivity contribution in [3.8, 4) is 5.75 Å². The molecule has 114 valence electrons. The van der Waals surface area contributed by atoms with Gasteiger partial charge in [-0.1, -0.05) is 15.9 Å². The maximum absolute atomic E-state index is 11.0. The summed E-state index contributed by atoms with van der Waals surface area (Å²) in [6, 6.07) is 3.66. The van der Waals surface area contributed by atoms with Gasteiger partial charge in [-0.3, -0.25) is 4.79 Å². The quantitative estimate of drug-likeness (QED) is 0.461. The molecule has 0 heterocycles. The van der Waals surface area contributed by atoms with E-state index in [1.54, 1.807) is 6.07 Å². The Kier molecular flexibility index (Phi) is 6.94. The number of carbonyl (C=O) groups is 2. The highest BCUT2D eigenvalue weighted by Crippen LogP contribution is 2.29. The molecule has 0 atom stereocenters. The molecule has 0 aliphatic heterocycles. The Balaban J connectivity index is 2.79. The number of carboxylic acid groups (broad SMARTS) is 1. The second-order valence-corrected chi connectivity index (χ2v) is 5.26. The number of methoxy groups -OCH3 is 1. The van der Waals surface area contributed by atoms with Crippen LogP contribution in [0.3, 0.4) is 0 Å². The van der Waals surface area contributed by atoms with E-state index in [4.69, 9.17) is 9.84 Å². The van der Waals surface area contributed by atoms with Crippen LogP contribution in [0.15, 0.2) is 22.7 Å². The summed E-state index contributed by atoms with van der Waals surface area (Å²) in [6.07, 6.45) is 3.36. The first-order chi connectivity index (χ1) is 9.93. The SMILES string of the molecule is COC(=O)CCCOc1c(C)cc(Br)cc1/C=C/C(=O)O. The van der Waals surface area contributed by atoms with Crippen LogP contribution in [0.25, 0.3) is 6.08 Å². The highest BCUT2D eigenvalue weighted by atomic mass is 79.9. The predicted molar refractivity (Wildman–Crippen MR) is 82.3 cm³/mol. The zero-order valence-electron chi connectivity index (χ0n) is 11.9. The largest absolute Gasteiger partial charge is 0.493 e. The monoisotopic (exact) mass is 356 g/mol. The molecule has 5 nitrogen and oxygen atoms in total. The zero-order valence-corrected chi connectivity index (χ0v) is 13.5. The fourth-order valence-corrected chi connectivity index (χ4v) is 2.32. The summed E-state index contributed by atoms with van der Waals surface area (Å²) in [4.78, 5) is 21.7. The van der Waals surface area contributed by atoms with E-state index in [1.807, 2.05) is 13.0 Å². The molecule has 0 spiro atoms. The molecule has 0 aromatic heterocycles. The van der Waals surface area contributed by atoms with Crippen molar-refractivity contribution in [3.05, 3.63) is 33.8 Å². The lowest BCUT2D eigenvalue weighted by Crippen LogP contribution is -2.06. The summed E-state index contributed by atoms with van der Waals surface area (Å²) in [5, 5.41) is 8.72. The summed E-state index contributed by atoms with van der Waals surface area (Å²) in [7, 11) is 1.34. The molecule has 0 amide bonds. The molecule has 0 unspecified atom stereocenters. The van der Waals surface area contributed by atoms with E-state index in [0.29, 0.717) is 24.3 Å². The molecule has 0 radical (unpaired) electrons. The molecule has 0 saturated carbocycles. The van der Waals surface area contributed by atoms with Crippen molar-refractivity contribution in [2.45, 2.75) is 19.8 Å². The number of hydrogen-bond donors (Lipinski definition) is 1. The zero-order chi connectivity index (χ0) is 15.8. The summed E-state index contributed by atoms with van der Waals surface area (Å²) in [5.41, 5.74) is 1.55. The van der Waals surface area contributed by atoms with Crippen LogP contribution in [-0.4, -0.2) is 30.8 Å². The van der Waals surface area contributed by atoms with Crippen LogP contribution < -0.4 is 4.74 Å². The first-order valence-corrected chi connectivity index (χ1v) is 7.14. The van der Waals surface area contributed by atoms with Gasteiger partial charge in [-0.15, -0.1) is 0 Å². The Morgan fingerprint density at radius 2 is 2.10 bits per heavy atom. The van der Waals surface area contributed by atoms with Crippen LogP contribution in [-0.2, 0) is 14.3 Å². The first kappa shape index (κ1) is 17.2. The van der Waals surface area contributed by atoms with Crippen LogP contribution in [0, 0.1) is 6.92 Å². The van der Waals surface area contributed by atoms with Crippen molar-refractivity contribution < 1.29 is 24.2 Å². The molecule has 1 aromatic carbocycles. The fraction of sp³-hybridized carbons (Fsp3) is 0.333. The average Bonchev–Trinajstić information content (AvgIpc) is 2.42. The highest BCUT2D eigenvalue weighted by molar-refractivity contribution is 9.10. The van der Waals surface area contributed by atoms with Gasteiger partial charge in [0.05, 0.1) is 13.7 Å². The Morgan fingerprint density at radius 3 is 2.71 bits per heavy atom. The Hall–Kier alpha value is -1.82. The third-order valence-corrected chi connectivity index (χ3v) is 3.13. The lowest BCUT2D eigenvalue weighted by atomic mass is 10.1. The maximum atomic E-state index is 11.0. The number of rotatable bonds is 7. The van der Waals surface area contributed by atoms with E-state index < -0.39 is 5.97 Å². The van der Waals surface area contributed by atoms with Gasteiger partial charge in [-0.05, 0) is 37.1 Å². The van der Waals surface area contributed by atoms with Crippen LogP contribution in [0.5, 0.6) is 5.75 Å². The molecule has 21 heavy (non-hydrogen) atoms. The van der Waals surface area contributed by atoms with Crippen LogP contribution in [0.2, 0.25) is 0 Å². The molecular weight excluding hydrogens is 340 g/mol. The smallest absolute Gasteiger partial charge is 0.328 e. The number of carbonyl (C=O) groups excluding carboxylic acids is 1. The highest BCUT2D eigenvalue weighted by Gasteiger charge is 2.08. The summed E-state index contributed by atoms with van der Waals surface area (Å²) in [6.45, 7) is 2.23. The molecule has 6 heteroatoms. The van der Waals surface area contributed by atoms with Crippen LogP contribution >= 0.6 is 15.9 Å². The molecular formula is C15H17BrO5. The van der Waals surface area contributed by atoms with Gasteiger partial charge in [-0.25, -0.2) is 4.79 Å². The number of aryl methyl sites for hydroxylation is 1. The van der Waals surface area contributed by atoms with Crippen molar-refractivity contribution in [3.63, 3.8) is 0 Å². The number of halogens is 1. The van der Waals surface area contributed by atoms with E-state index >= 15 is 0 Å². The molecule has 0 fully saturated rings. The Morgan fingerprint density at radius 1 is 1.38 bits per heavy atom. The molecule has 1 N–H and O–H groups in total. The second-order valence-electron chi connectivity index (χ2n) is 4.34. The third-order valence-electron chi connectivity index (χ3n) is 2.67. The minimum atomic E-state index is -1.02. The van der Waals surface area contributed by atoms with Gasteiger partial charge in [0.15, 0.2) is 0 Å². The average molecular weight is 357 g/mol. The van der Waals surface area contributed by atoms with E-state index in [9.17, 15) is 9.59 Å². The van der Waals surface area contributed by atoms with E-state index in [1.165, 1.54) is 13.2 Å². The number of esters is 1. The van der Waals surface area contributed by atoms with Crippen molar-refractivity contribution in [2.24, 2.45) is 0 Å². The Labute approximate surface area is 131 Å². The van der Waals surface area contributed by atoms with Gasteiger partial charge in [0, 0.05) is 22.5 Å². The number of carboxylic acids is 1. The minimum Gasteiger partial charge on any atom is -0.493 e. The van der Waals surface area contributed by atoms with E-state index in [-0.39, 0.29) is 12.4 Å². The van der Waals surface area contributed by atoms with Gasteiger partial charge >= 0.3 is 11.9 Å². The van der Waals surface area contributed by atoms with Gasteiger partial charge < -0.3 is 14.6 Å². The van der Waals surface area contributed by atoms with Crippen molar-refractivity contribution in [2.75, 3.05) is 13.7 Å². The number of hydrogen-bond acceptors (Lipinski definition) is 4. The summed E-state index contributed by atoms with van der Waals surface area (Å²) >= 11 is 3.37. The lowest BCUT2D eigenvalue weighted by molar-refractivity contribution is -0.140. The lowest BCUT2D eigenvalue weighted by Gasteiger charge is -2.13. The predicted octanol–water partition coefficient (Wildman–Crippen LogP) is 3.19. The normalized spacial score (nSPS) is 10.6. The van der Waals surface area contributed by atoms with E-state index in [2.05, 4.69) is 20.7 Å². The molecule has 0 bridgehead atoms. The number of benzene rings is 1. The molecule has 0 aliphatic carbocycles. The van der Waals surface area contributed by atoms with E-state index in [0.717, 1.165) is 16.1 Å². The summed E-state index contributed by atoms with van der Waals surface area (Å²) in [5.74, 6) is -0.693. The third kappa shape index (κ3) is 5.99. The van der Waals surface area contributed by atoms with Crippen LogP contribution in [0.1, 0.15) is 24.0 Å². The molecule has 0 aliphatic rings. The van der Waals surface area contributed by atoms with Crippen molar-refractivity contribution in [1.82, 2.24) is 0 Å². The van der Waals surface area contributed by atoms with Gasteiger partial charge in [-0.2, -0.15) is 0 Å². The standard InChI is InChI=1S/C15H17BrO5/c1-10-8-12(16)9-11(5-6-13(17)18)15(10)21-7-3-4-14(19)20-2/h5-6,8-9H,3-4,7H2,1-2H3,(H,17,18)/b6-5+. The molecule has 1 rings (SSSR count). The van der Waals surface area contributed by atoms with Gasteiger partial charge in [0.25, 0.3) is 0 Å².